The zero-order valence-electron chi connectivity index (χ0n) is 20.3. The van der Waals surface area contributed by atoms with Gasteiger partial charge in [0.2, 0.25) is 0 Å². The van der Waals surface area contributed by atoms with Gasteiger partial charge in [-0.1, -0.05) is 12.5 Å². The van der Waals surface area contributed by atoms with Crippen molar-refractivity contribution in [3.63, 3.8) is 0 Å². The predicted molar refractivity (Wildman–Crippen MR) is 136 cm³/mol. The molecule has 0 atom stereocenters. The monoisotopic (exact) mass is 476 g/mol. The molecule has 0 amide bonds. The molecule has 9 heteroatoms. The number of aliphatic hydroxyl groups is 1. The van der Waals surface area contributed by atoms with Crippen LogP contribution in [0.2, 0.25) is 0 Å². The molecule has 9 nitrogen and oxygen atoms in total. The number of likely N-dealkylation sites (tertiary alicyclic amines) is 1. The molecular formula is C26H32N6O3. The van der Waals surface area contributed by atoms with E-state index in [1.165, 1.54) is 19.3 Å². The van der Waals surface area contributed by atoms with E-state index in [0.717, 1.165) is 47.7 Å². The van der Waals surface area contributed by atoms with E-state index < -0.39 is 0 Å². The molecule has 0 radical (unpaired) electrons. The van der Waals surface area contributed by atoms with Crippen LogP contribution in [0.25, 0.3) is 11.3 Å². The van der Waals surface area contributed by atoms with Gasteiger partial charge in [-0.25, -0.2) is 9.51 Å². The first kappa shape index (κ1) is 23.3. The van der Waals surface area contributed by atoms with Crippen molar-refractivity contribution in [2.45, 2.75) is 33.1 Å². The summed E-state index contributed by atoms with van der Waals surface area (Å²) in [5, 5.41) is 22.7. The third kappa shape index (κ3) is 4.61. The lowest BCUT2D eigenvalue weighted by Gasteiger charge is -2.26. The highest BCUT2D eigenvalue weighted by Crippen LogP contribution is 2.35. The number of aromatic nitrogens is 3. The zero-order chi connectivity index (χ0) is 24.4. The Kier molecular flexibility index (Phi) is 6.70. The van der Waals surface area contributed by atoms with Crippen molar-refractivity contribution in [2.24, 2.45) is 4.99 Å². The van der Waals surface area contributed by atoms with Crippen LogP contribution in [0.3, 0.4) is 0 Å². The molecule has 0 spiro atoms. The maximum atomic E-state index is 9.25. The maximum Gasteiger partial charge on any atom is 0.260 e. The van der Waals surface area contributed by atoms with Gasteiger partial charge in [0, 0.05) is 30.1 Å². The largest absolute Gasteiger partial charge is 0.490 e. The quantitative estimate of drug-likeness (QED) is 0.460. The van der Waals surface area contributed by atoms with Crippen LogP contribution in [0.4, 0.5) is 5.69 Å². The number of aryl methyl sites for hydroxylation is 1. The van der Waals surface area contributed by atoms with Crippen molar-refractivity contribution in [3.8, 4) is 5.88 Å². The summed E-state index contributed by atoms with van der Waals surface area (Å²) >= 11 is 0. The number of fused-ring (bicyclic) bond motifs is 2. The Labute approximate surface area is 204 Å². The highest BCUT2D eigenvalue weighted by atomic mass is 16.5. The smallest absolute Gasteiger partial charge is 0.260 e. The third-order valence-corrected chi connectivity index (χ3v) is 6.68. The first-order valence-corrected chi connectivity index (χ1v) is 12.2. The zero-order valence-corrected chi connectivity index (χ0v) is 20.3. The molecule has 1 fully saturated rings. The molecule has 184 valence electrons. The molecule has 2 aliphatic rings. The minimum absolute atomic E-state index is 0.111. The van der Waals surface area contributed by atoms with Crippen LogP contribution in [0.1, 0.15) is 41.8 Å². The lowest BCUT2D eigenvalue weighted by Crippen LogP contribution is -2.32. The SMILES string of the molecule is Cc1[nH]c2c(c1C)C(=N)/C(=N\c1c(OCCO)nn3ccccc13)C=C2OCCN1CCCCC1. The Morgan fingerprint density at radius 1 is 1.14 bits per heavy atom. The Morgan fingerprint density at radius 2 is 1.97 bits per heavy atom. The topological polar surface area (TPSA) is 111 Å². The number of allylic oxidation sites excluding steroid dienone is 1. The number of aliphatic imine (C=N–C) groups is 1. The second kappa shape index (κ2) is 10.1. The molecular weight excluding hydrogens is 444 g/mol. The van der Waals surface area contributed by atoms with Gasteiger partial charge in [-0.05, 0) is 57.5 Å². The molecule has 35 heavy (non-hydrogen) atoms. The van der Waals surface area contributed by atoms with Crippen LogP contribution in [0, 0.1) is 19.3 Å². The van der Waals surface area contributed by atoms with Crippen molar-refractivity contribution in [3.05, 3.63) is 53.0 Å². The molecule has 1 aliphatic heterocycles. The third-order valence-electron chi connectivity index (χ3n) is 6.68. The molecule has 0 aromatic carbocycles. The van der Waals surface area contributed by atoms with E-state index in [2.05, 4.69) is 15.0 Å². The first-order valence-electron chi connectivity index (χ1n) is 12.2. The summed E-state index contributed by atoms with van der Waals surface area (Å²) in [6.07, 6.45) is 7.45. The summed E-state index contributed by atoms with van der Waals surface area (Å²) in [5.74, 6) is 1.01. The lowest BCUT2D eigenvalue weighted by atomic mass is 9.95. The Balaban J connectivity index is 1.51. The fourth-order valence-corrected chi connectivity index (χ4v) is 4.71. The van der Waals surface area contributed by atoms with Gasteiger partial charge in [0.1, 0.15) is 19.0 Å². The van der Waals surface area contributed by atoms with E-state index >= 15 is 0 Å². The first-order chi connectivity index (χ1) is 17.1. The summed E-state index contributed by atoms with van der Waals surface area (Å²) < 4.78 is 13.7. The molecule has 1 saturated heterocycles. The molecule has 5 rings (SSSR count). The number of pyridine rings is 1. The molecule has 0 saturated carbocycles. The van der Waals surface area contributed by atoms with E-state index in [4.69, 9.17) is 19.9 Å². The summed E-state index contributed by atoms with van der Waals surface area (Å²) in [4.78, 5) is 10.7. The number of aliphatic hydroxyl groups excluding tert-OH is 1. The van der Waals surface area contributed by atoms with Gasteiger partial charge in [-0.3, -0.25) is 10.3 Å². The highest BCUT2D eigenvalue weighted by Gasteiger charge is 2.28. The fraction of sp³-hybridized carbons (Fsp3) is 0.423. The standard InChI is InChI=1S/C26H32N6O3/c1-17-18(2)28-25-21(34-14-12-31-9-5-3-6-10-31)16-19(23(27)22(17)25)29-24-20-8-4-7-11-32(20)30-26(24)35-15-13-33/h4,7-8,11,16,27-28,33H,3,5-6,9-10,12-15H2,1-2H3/b27-23?,29-19-. The van der Waals surface area contributed by atoms with Crippen molar-refractivity contribution in [2.75, 3.05) is 39.5 Å². The summed E-state index contributed by atoms with van der Waals surface area (Å²) in [6, 6.07) is 5.69. The number of nitrogens with zero attached hydrogens (tertiary/aromatic N) is 4. The van der Waals surface area contributed by atoms with Crippen LogP contribution >= 0.6 is 0 Å². The van der Waals surface area contributed by atoms with Crippen molar-refractivity contribution in [1.82, 2.24) is 19.5 Å². The van der Waals surface area contributed by atoms with Crippen molar-refractivity contribution < 1.29 is 14.6 Å². The molecule has 3 N–H and O–H groups in total. The fourth-order valence-electron chi connectivity index (χ4n) is 4.71. The number of piperidine rings is 1. The minimum Gasteiger partial charge on any atom is -0.490 e. The van der Waals surface area contributed by atoms with Gasteiger partial charge in [0.05, 0.1) is 29.2 Å². The second-order valence-corrected chi connectivity index (χ2v) is 9.01. The lowest BCUT2D eigenvalue weighted by molar-refractivity contribution is 0.169. The molecule has 1 aliphatic carbocycles. The maximum absolute atomic E-state index is 9.25. The molecule has 3 aromatic rings. The average Bonchev–Trinajstić information content (AvgIpc) is 3.38. The van der Waals surface area contributed by atoms with E-state index in [-0.39, 0.29) is 13.2 Å². The van der Waals surface area contributed by atoms with Crippen LogP contribution < -0.4 is 4.74 Å². The number of nitrogens with one attached hydrogen (secondary N) is 2. The molecule has 3 aromatic heterocycles. The van der Waals surface area contributed by atoms with E-state index in [1.54, 1.807) is 4.52 Å². The number of hydrogen-bond acceptors (Lipinski definition) is 7. The van der Waals surface area contributed by atoms with Gasteiger partial charge < -0.3 is 19.6 Å². The average molecular weight is 477 g/mol. The highest BCUT2D eigenvalue weighted by molar-refractivity contribution is 6.54. The van der Waals surface area contributed by atoms with E-state index in [1.807, 2.05) is 44.3 Å². The van der Waals surface area contributed by atoms with Crippen LogP contribution in [-0.2, 0) is 4.74 Å². The van der Waals surface area contributed by atoms with Crippen LogP contribution in [-0.4, -0.2) is 75.5 Å². The number of hydrogen-bond donors (Lipinski definition) is 3. The summed E-state index contributed by atoms with van der Waals surface area (Å²) in [6.45, 7) is 7.70. The summed E-state index contributed by atoms with van der Waals surface area (Å²) in [7, 11) is 0. The van der Waals surface area contributed by atoms with Gasteiger partial charge in [0.25, 0.3) is 5.88 Å². The van der Waals surface area contributed by atoms with Crippen LogP contribution in [0.15, 0.2) is 35.5 Å². The van der Waals surface area contributed by atoms with Gasteiger partial charge in [-0.15, -0.1) is 5.10 Å². The summed E-state index contributed by atoms with van der Waals surface area (Å²) in [5.41, 5.74) is 5.76. The van der Waals surface area contributed by atoms with E-state index in [0.29, 0.717) is 35.4 Å². The van der Waals surface area contributed by atoms with Crippen molar-refractivity contribution in [1.29, 1.82) is 5.41 Å². The number of aromatic amines is 1. The minimum atomic E-state index is -0.125. The Hall–Kier alpha value is -3.43. The second-order valence-electron chi connectivity index (χ2n) is 9.01. The normalized spacial score (nSPS) is 17.6. The molecule has 0 unspecified atom stereocenters. The number of rotatable bonds is 8. The Morgan fingerprint density at radius 3 is 2.77 bits per heavy atom. The molecule has 4 heterocycles. The van der Waals surface area contributed by atoms with Gasteiger partial charge >= 0.3 is 0 Å². The number of H-pyrrole nitrogens is 1. The predicted octanol–water partition coefficient (Wildman–Crippen LogP) is 3.65. The van der Waals surface area contributed by atoms with Gasteiger partial charge in [-0.2, -0.15) is 0 Å². The van der Waals surface area contributed by atoms with Crippen LogP contribution in [0.5, 0.6) is 5.88 Å². The Bertz CT molecular complexity index is 1300. The number of ether oxygens (including phenoxy) is 2. The van der Waals surface area contributed by atoms with E-state index in [9.17, 15) is 5.11 Å². The van der Waals surface area contributed by atoms with Crippen molar-refractivity contribution >= 4 is 28.4 Å². The molecule has 0 bridgehead atoms. The van der Waals surface area contributed by atoms with Gasteiger partial charge in [0.15, 0.2) is 5.69 Å².